The molecule has 0 aromatic heterocycles. The quantitative estimate of drug-likeness (QED) is 0.754. The van der Waals surface area contributed by atoms with Gasteiger partial charge in [-0.25, -0.2) is 0 Å². The molecule has 0 saturated heterocycles. The predicted molar refractivity (Wildman–Crippen MR) is 88.7 cm³/mol. The molecule has 21 heavy (non-hydrogen) atoms. The van der Waals surface area contributed by atoms with E-state index in [0.29, 0.717) is 6.54 Å². The van der Waals surface area contributed by atoms with Crippen molar-refractivity contribution in [2.45, 2.75) is 13.0 Å². The Morgan fingerprint density at radius 1 is 1.05 bits per heavy atom. The highest BCUT2D eigenvalue weighted by Crippen LogP contribution is 2.20. The third kappa shape index (κ3) is 3.24. The molecule has 0 spiro atoms. The lowest BCUT2D eigenvalue weighted by Gasteiger charge is -2.27. The van der Waals surface area contributed by atoms with Crippen LogP contribution in [0.4, 0.5) is 0 Å². The van der Waals surface area contributed by atoms with Gasteiger partial charge in [0.15, 0.2) is 0 Å². The average molecular weight is 342 g/mol. The number of carbonyl (C=O) groups excluding carboxylic acids is 1. The first-order valence-corrected chi connectivity index (χ1v) is 7.81. The van der Waals surface area contributed by atoms with Crippen molar-refractivity contribution in [3.8, 4) is 0 Å². The fourth-order valence-corrected chi connectivity index (χ4v) is 2.98. The molecule has 3 rings (SSSR count). The minimum atomic E-state index is 0.0697. The van der Waals surface area contributed by atoms with E-state index in [9.17, 15) is 4.79 Å². The van der Waals surface area contributed by atoms with E-state index in [0.717, 1.165) is 23.0 Å². The lowest BCUT2D eigenvalue weighted by atomic mass is 10.00. The normalized spacial score (nSPS) is 14.2. The lowest BCUT2D eigenvalue weighted by Crippen LogP contribution is -2.34. The smallest absolute Gasteiger partial charge is 0.246 e. The Balaban J connectivity index is 1.71. The third-order valence-electron chi connectivity index (χ3n) is 3.75. The Morgan fingerprint density at radius 2 is 1.76 bits per heavy atom. The van der Waals surface area contributed by atoms with Gasteiger partial charge < -0.3 is 4.90 Å². The molecule has 1 amide bonds. The standard InChI is InChI=1S/C18H16BrNO/c19-17-8-4-3-6-15(17)9-10-18(21)20-12-11-14-5-1-2-7-16(14)13-20/h1-10H,11-13H2/b10-9+. The molecule has 0 radical (unpaired) electrons. The molecule has 2 aromatic rings. The van der Waals surface area contributed by atoms with Crippen LogP contribution in [0.5, 0.6) is 0 Å². The van der Waals surface area contributed by atoms with E-state index >= 15 is 0 Å². The summed E-state index contributed by atoms with van der Waals surface area (Å²) in [6.07, 6.45) is 4.46. The number of benzene rings is 2. The van der Waals surface area contributed by atoms with E-state index in [2.05, 4.69) is 34.1 Å². The zero-order chi connectivity index (χ0) is 14.7. The first-order chi connectivity index (χ1) is 10.2. The first kappa shape index (κ1) is 14.1. The molecule has 0 bridgehead atoms. The van der Waals surface area contributed by atoms with Crippen molar-refractivity contribution < 1.29 is 4.79 Å². The molecule has 0 unspecified atom stereocenters. The summed E-state index contributed by atoms with van der Waals surface area (Å²) in [7, 11) is 0. The summed E-state index contributed by atoms with van der Waals surface area (Å²) in [5.41, 5.74) is 3.63. The van der Waals surface area contributed by atoms with E-state index in [4.69, 9.17) is 0 Å². The largest absolute Gasteiger partial charge is 0.334 e. The number of hydrogen-bond acceptors (Lipinski definition) is 1. The molecule has 1 heterocycles. The average Bonchev–Trinajstić information content (AvgIpc) is 2.53. The maximum Gasteiger partial charge on any atom is 0.246 e. The first-order valence-electron chi connectivity index (χ1n) is 7.02. The van der Waals surface area contributed by atoms with Gasteiger partial charge in [0.1, 0.15) is 0 Å². The van der Waals surface area contributed by atoms with E-state index in [1.807, 2.05) is 41.3 Å². The molecular formula is C18H16BrNO. The Bertz CT molecular complexity index is 693. The third-order valence-corrected chi connectivity index (χ3v) is 4.48. The van der Waals surface area contributed by atoms with Crippen LogP contribution in [-0.4, -0.2) is 17.4 Å². The molecule has 106 valence electrons. The Morgan fingerprint density at radius 3 is 2.57 bits per heavy atom. The van der Waals surface area contributed by atoms with Crippen LogP contribution < -0.4 is 0 Å². The van der Waals surface area contributed by atoms with Gasteiger partial charge in [0.05, 0.1) is 0 Å². The van der Waals surface area contributed by atoms with Crippen molar-refractivity contribution in [3.63, 3.8) is 0 Å². The van der Waals surface area contributed by atoms with Crippen molar-refractivity contribution in [1.82, 2.24) is 4.90 Å². The number of carbonyl (C=O) groups is 1. The summed E-state index contributed by atoms with van der Waals surface area (Å²) >= 11 is 3.49. The number of halogens is 1. The highest BCUT2D eigenvalue weighted by atomic mass is 79.9. The number of nitrogens with zero attached hydrogens (tertiary/aromatic N) is 1. The zero-order valence-electron chi connectivity index (χ0n) is 11.6. The number of fused-ring (bicyclic) bond motifs is 1. The fraction of sp³-hybridized carbons (Fsp3) is 0.167. The molecule has 0 atom stereocenters. The maximum absolute atomic E-state index is 12.3. The Kier molecular flexibility index (Phi) is 4.20. The Labute approximate surface area is 133 Å². The number of hydrogen-bond donors (Lipinski definition) is 0. The van der Waals surface area contributed by atoms with Gasteiger partial charge in [0.2, 0.25) is 5.91 Å². The lowest BCUT2D eigenvalue weighted by molar-refractivity contribution is -0.126. The van der Waals surface area contributed by atoms with Gasteiger partial charge in [-0.2, -0.15) is 0 Å². The summed E-state index contributed by atoms with van der Waals surface area (Å²) < 4.78 is 0.998. The van der Waals surface area contributed by atoms with Crippen LogP contribution in [0.15, 0.2) is 59.1 Å². The summed E-state index contributed by atoms with van der Waals surface area (Å²) in [6, 6.07) is 16.2. The highest BCUT2D eigenvalue weighted by Gasteiger charge is 2.18. The molecule has 0 N–H and O–H groups in total. The van der Waals surface area contributed by atoms with Gasteiger partial charge in [0, 0.05) is 23.6 Å². The molecule has 2 nitrogen and oxygen atoms in total. The molecule has 0 fully saturated rings. The minimum absolute atomic E-state index is 0.0697. The van der Waals surface area contributed by atoms with Crippen molar-refractivity contribution in [2.24, 2.45) is 0 Å². The van der Waals surface area contributed by atoms with E-state index in [-0.39, 0.29) is 5.91 Å². The highest BCUT2D eigenvalue weighted by molar-refractivity contribution is 9.10. The molecule has 3 heteroatoms. The van der Waals surface area contributed by atoms with Gasteiger partial charge in [-0.15, -0.1) is 0 Å². The predicted octanol–water partition coefficient (Wildman–Crippen LogP) is 4.05. The Hall–Kier alpha value is -1.87. The van der Waals surface area contributed by atoms with Crippen LogP contribution in [-0.2, 0) is 17.8 Å². The second-order valence-corrected chi connectivity index (χ2v) is 5.99. The minimum Gasteiger partial charge on any atom is -0.334 e. The van der Waals surface area contributed by atoms with Crippen molar-refractivity contribution in [3.05, 3.63) is 75.8 Å². The van der Waals surface area contributed by atoms with E-state index in [1.54, 1.807) is 6.08 Å². The van der Waals surface area contributed by atoms with E-state index < -0.39 is 0 Å². The van der Waals surface area contributed by atoms with Gasteiger partial charge >= 0.3 is 0 Å². The molecule has 1 aliphatic heterocycles. The van der Waals surface area contributed by atoms with Gasteiger partial charge in [-0.1, -0.05) is 58.4 Å². The summed E-state index contributed by atoms with van der Waals surface area (Å²) in [5, 5.41) is 0. The van der Waals surface area contributed by atoms with Crippen LogP contribution in [0.2, 0.25) is 0 Å². The summed E-state index contributed by atoms with van der Waals surface area (Å²) in [5.74, 6) is 0.0697. The molecule has 0 aliphatic carbocycles. The fourth-order valence-electron chi connectivity index (χ4n) is 2.56. The number of amides is 1. The van der Waals surface area contributed by atoms with Crippen LogP contribution in [0, 0.1) is 0 Å². The van der Waals surface area contributed by atoms with Crippen LogP contribution in [0.1, 0.15) is 16.7 Å². The second-order valence-electron chi connectivity index (χ2n) is 5.13. The van der Waals surface area contributed by atoms with Crippen molar-refractivity contribution in [1.29, 1.82) is 0 Å². The topological polar surface area (TPSA) is 20.3 Å². The van der Waals surface area contributed by atoms with Gasteiger partial charge in [-0.3, -0.25) is 4.79 Å². The van der Waals surface area contributed by atoms with Crippen LogP contribution >= 0.6 is 15.9 Å². The molecule has 1 aliphatic rings. The van der Waals surface area contributed by atoms with Crippen LogP contribution in [0.3, 0.4) is 0 Å². The molecule has 0 saturated carbocycles. The monoisotopic (exact) mass is 341 g/mol. The maximum atomic E-state index is 12.3. The van der Waals surface area contributed by atoms with Gasteiger partial charge in [0.25, 0.3) is 0 Å². The second kappa shape index (κ2) is 6.27. The molecular weight excluding hydrogens is 326 g/mol. The summed E-state index contributed by atoms with van der Waals surface area (Å²) in [4.78, 5) is 14.2. The molecule has 2 aromatic carbocycles. The number of rotatable bonds is 2. The SMILES string of the molecule is O=C(/C=C/c1ccccc1Br)N1CCc2ccccc2C1. The van der Waals surface area contributed by atoms with Gasteiger partial charge in [-0.05, 0) is 35.3 Å². The van der Waals surface area contributed by atoms with Crippen molar-refractivity contribution >= 4 is 27.9 Å². The van der Waals surface area contributed by atoms with Crippen molar-refractivity contribution in [2.75, 3.05) is 6.54 Å². The van der Waals surface area contributed by atoms with E-state index in [1.165, 1.54) is 11.1 Å². The summed E-state index contributed by atoms with van der Waals surface area (Å²) in [6.45, 7) is 1.49. The van der Waals surface area contributed by atoms with Crippen LogP contribution in [0.25, 0.3) is 6.08 Å². The zero-order valence-corrected chi connectivity index (χ0v) is 13.2.